The molecule has 3 aromatic rings. The zero-order chi connectivity index (χ0) is 17.5. The minimum atomic E-state index is -0.0433. The van der Waals surface area contributed by atoms with Crippen LogP contribution in [0.25, 0.3) is 11.1 Å². The number of oxazole rings is 1. The average Bonchev–Trinajstić information content (AvgIpc) is 3.06. The number of hydrogen-bond donors (Lipinski definition) is 1. The van der Waals surface area contributed by atoms with Crippen LogP contribution in [0.15, 0.2) is 70.3 Å². The number of carbonyl (C=O) groups is 1. The largest absolute Gasteiger partial charge is 0.431 e. The van der Waals surface area contributed by atoms with Crippen LogP contribution in [-0.2, 0) is 5.75 Å². The van der Waals surface area contributed by atoms with Crippen molar-refractivity contribution >= 4 is 28.8 Å². The van der Waals surface area contributed by atoms with Gasteiger partial charge >= 0.3 is 0 Å². The molecule has 4 nitrogen and oxygen atoms in total. The van der Waals surface area contributed by atoms with Gasteiger partial charge in [-0.1, -0.05) is 54.2 Å². The Hall–Kier alpha value is -2.53. The minimum Gasteiger partial charge on any atom is -0.431 e. The van der Waals surface area contributed by atoms with E-state index in [1.807, 2.05) is 67.6 Å². The molecule has 1 N–H and O–H groups in total. The van der Waals surface area contributed by atoms with Crippen molar-refractivity contribution in [3.05, 3.63) is 71.8 Å². The number of aromatic nitrogens is 1. The van der Waals surface area contributed by atoms with Crippen molar-refractivity contribution in [1.29, 1.82) is 0 Å². The highest BCUT2D eigenvalue weighted by Crippen LogP contribution is 2.27. The van der Waals surface area contributed by atoms with E-state index >= 15 is 0 Å². The number of fused-ring (bicyclic) bond motifs is 1. The van der Waals surface area contributed by atoms with E-state index in [0.717, 1.165) is 23.1 Å². The third-order valence-electron chi connectivity index (χ3n) is 3.72. The molecule has 0 unspecified atom stereocenters. The Morgan fingerprint density at radius 1 is 1.20 bits per heavy atom. The first kappa shape index (κ1) is 17.3. The van der Waals surface area contributed by atoms with Gasteiger partial charge in [-0.15, -0.1) is 0 Å². The molecule has 1 heterocycles. The highest BCUT2D eigenvalue weighted by molar-refractivity contribution is 7.98. The third-order valence-corrected chi connectivity index (χ3v) is 4.60. The second kappa shape index (κ2) is 8.53. The van der Waals surface area contributed by atoms with Gasteiger partial charge in [-0.05, 0) is 37.1 Å². The Balaban J connectivity index is 1.67. The van der Waals surface area contributed by atoms with Crippen LogP contribution in [-0.4, -0.2) is 17.4 Å². The van der Waals surface area contributed by atoms with Crippen molar-refractivity contribution < 1.29 is 9.21 Å². The highest BCUT2D eigenvalue weighted by Gasteiger charge is 2.12. The molecular weight excluding hydrogens is 332 g/mol. The molecule has 1 amide bonds. The number of carbonyl (C=O) groups excluding carboxylic acids is 1. The van der Waals surface area contributed by atoms with Crippen LogP contribution in [0.4, 0.5) is 0 Å². The summed E-state index contributed by atoms with van der Waals surface area (Å²) < 4.78 is 5.73. The summed E-state index contributed by atoms with van der Waals surface area (Å²) in [6.45, 7) is 2.61. The Labute approximate surface area is 151 Å². The van der Waals surface area contributed by atoms with E-state index < -0.39 is 0 Å². The predicted octanol–water partition coefficient (Wildman–Crippen LogP) is 4.82. The summed E-state index contributed by atoms with van der Waals surface area (Å²) in [5.41, 5.74) is 3.30. The van der Waals surface area contributed by atoms with E-state index in [9.17, 15) is 4.79 Å². The summed E-state index contributed by atoms with van der Waals surface area (Å²) in [5, 5.41) is 3.57. The Morgan fingerprint density at radius 2 is 2.00 bits per heavy atom. The van der Waals surface area contributed by atoms with Gasteiger partial charge in [0, 0.05) is 17.9 Å². The molecule has 0 spiro atoms. The number of rotatable bonds is 7. The summed E-state index contributed by atoms with van der Waals surface area (Å²) >= 11 is 1.49. The van der Waals surface area contributed by atoms with Gasteiger partial charge < -0.3 is 9.73 Å². The van der Waals surface area contributed by atoms with Gasteiger partial charge in [0.1, 0.15) is 5.52 Å². The maximum atomic E-state index is 12.4. The van der Waals surface area contributed by atoms with Gasteiger partial charge in [-0.3, -0.25) is 4.79 Å². The molecule has 0 aliphatic heterocycles. The average molecular weight is 352 g/mol. The minimum absolute atomic E-state index is 0.0433. The number of amides is 1. The lowest BCUT2D eigenvalue weighted by Gasteiger charge is -2.08. The van der Waals surface area contributed by atoms with Crippen molar-refractivity contribution in [2.45, 2.75) is 24.3 Å². The zero-order valence-electron chi connectivity index (χ0n) is 14.1. The molecule has 0 fully saturated rings. The van der Waals surface area contributed by atoms with Crippen LogP contribution in [0.2, 0.25) is 0 Å². The monoisotopic (exact) mass is 352 g/mol. The SMILES string of the molecule is C/C=C/CCNC(=O)c1ccccc1CSc1nc2ccccc2o1. The van der Waals surface area contributed by atoms with Gasteiger partial charge in [0.25, 0.3) is 11.1 Å². The fraction of sp³-hybridized carbons (Fsp3) is 0.200. The molecule has 0 aliphatic carbocycles. The molecule has 0 bridgehead atoms. The van der Waals surface area contributed by atoms with Crippen LogP contribution in [0, 0.1) is 0 Å². The Kier molecular flexibility index (Phi) is 5.90. The normalized spacial score (nSPS) is 11.2. The Bertz CT molecular complexity index is 853. The fourth-order valence-corrected chi connectivity index (χ4v) is 3.29. The molecule has 0 atom stereocenters. The molecule has 3 rings (SSSR count). The highest BCUT2D eigenvalue weighted by atomic mass is 32.2. The molecule has 128 valence electrons. The summed E-state index contributed by atoms with van der Waals surface area (Å²) in [7, 11) is 0. The lowest BCUT2D eigenvalue weighted by molar-refractivity contribution is 0.0953. The number of thioether (sulfide) groups is 1. The van der Waals surface area contributed by atoms with Gasteiger partial charge in [-0.25, -0.2) is 4.98 Å². The molecular formula is C20H20N2O2S. The number of hydrogen-bond acceptors (Lipinski definition) is 4. The van der Waals surface area contributed by atoms with Crippen LogP contribution in [0.3, 0.4) is 0 Å². The summed E-state index contributed by atoms with van der Waals surface area (Å²) in [4.78, 5) is 16.9. The third kappa shape index (κ3) is 4.51. The first-order valence-corrected chi connectivity index (χ1v) is 9.22. The van der Waals surface area contributed by atoms with Gasteiger partial charge in [0.15, 0.2) is 5.58 Å². The van der Waals surface area contributed by atoms with Crippen LogP contribution >= 0.6 is 11.8 Å². The molecule has 2 aromatic carbocycles. The standard InChI is InChI=1S/C20H20N2O2S/c1-2-3-8-13-21-19(23)16-10-5-4-9-15(16)14-25-20-22-17-11-6-7-12-18(17)24-20/h2-7,9-12H,8,13-14H2,1H3,(H,21,23)/b3-2+. The summed E-state index contributed by atoms with van der Waals surface area (Å²) in [6.07, 6.45) is 4.86. The second-order valence-electron chi connectivity index (χ2n) is 5.51. The molecule has 0 aliphatic rings. The second-order valence-corrected chi connectivity index (χ2v) is 6.43. The van der Waals surface area contributed by atoms with Crippen LogP contribution in [0.1, 0.15) is 29.3 Å². The number of para-hydroxylation sites is 2. The maximum absolute atomic E-state index is 12.4. The Morgan fingerprint density at radius 3 is 2.84 bits per heavy atom. The van der Waals surface area contributed by atoms with E-state index in [4.69, 9.17) is 4.42 Å². The summed E-state index contributed by atoms with van der Waals surface area (Å²) in [5.74, 6) is 0.587. The number of allylic oxidation sites excluding steroid dienone is 1. The lowest BCUT2D eigenvalue weighted by atomic mass is 10.1. The topological polar surface area (TPSA) is 55.1 Å². The van der Waals surface area contributed by atoms with E-state index in [-0.39, 0.29) is 5.91 Å². The lowest BCUT2D eigenvalue weighted by Crippen LogP contribution is -2.25. The van der Waals surface area contributed by atoms with Crippen molar-refractivity contribution in [1.82, 2.24) is 10.3 Å². The molecule has 0 saturated heterocycles. The van der Waals surface area contributed by atoms with E-state index in [1.165, 1.54) is 11.8 Å². The van der Waals surface area contributed by atoms with Gasteiger partial charge in [0.05, 0.1) is 0 Å². The van der Waals surface area contributed by atoms with Crippen LogP contribution in [0.5, 0.6) is 0 Å². The van der Waals surface area contributed by atoms with Crippen molar-refractivity contribution in [3.63, 3.8) is 0 Å². The van der Waals surface area contributed by atoms with Crippen LogP contribution < -0.4 is 5.32 Å². The van der Waals surface area contributed by atoms with Crippen molar-refractivity contribution in [2.24, 2.45) is 0 Å². The predicted molar refractivity (Wildman–Crippen MR) is 102 cm³/mol. The molecule has 5 heteroatoms. The molecule has 1 aromatic heterocycles. The zero-order valence-corrected chi connectivity index (χ0v) is 14.9. The van der Waals surface area contributed by atoms with E-state index in [0.29, 0.717) is 23.1 Å². The van der Waals surface area contributed by atoms with Crippen molar-refractivity contribution in [2.75, 3.05) is 6.54 Å². The molecule has 25 heavy (non-hydrogen) atoms. The quantitative estimate of drug-likeness (QED) is 0.376. The first-order chi connectivity index (χ1) is 12.3. The molecule has 0 radical (unpaired) electrons. The maximum Gasteiger partial charge on any atom is 0.257 e. The number of nitrogens with zero attached hydrogens (tertiary/aromatic N) is 1. The molecule has 0 saturated carbocycles. The summed E-state index contributed by atoms with van der Waals surface area (Å²) in [6, 6.07) is 15.3. The number of benzene rings is 2. The fourth-order valence-electron chi connectivity index (χ4n) is 2.45. The van der Waals surface area contributed by atoms with E-state index in [1.54, 1.807) is 0 Å². The number of nitrogens with one attached hydrogen (secondary N) is 1. The smallest absolute Gasteiger partial charge is 0.257 e. The van der Waals surface area contributed by atoms with Crippen molar-refractivity contribution in [3.8, 4) is 0 Å². The van der Waals surface area contributed by atoms with Gasteiger partial charge in [-0.2, -0.15) is 0 Å². The van der Waals surface area contributed by atoms with Gasteiger partial charge in [0.2, 0.25) is 0 Å². The first-order valence-electron chi connectivity index (χ1n) is 8.23. The van der Waals surface area contributed by atoms with E-state index in [2.05, 4.69) is 10.3 Å².